The summed E-state index contributed by atoms with van der Waals surface area (Å²) in [6.45, 7) is 4.36. The molecule has 1 N–H and O–H groups in total. The number of benzene rings is 1. The highest BCUT2D eigenvalue weighted by atomic mass is 32.2. The van der Waals surface area contributed by atoms with E-state index in [1.54, 1.807) is 0 Å². The fourth-order valence-corrected chi connectivity index (χ4v) is 4.73. The number of hydrogen-bond acceptors (Lipinski definition) is 3. The Labute approximate surface area is 159 Å². The van der Waals surface area contributed by atoms with Crippen molar-refractivity contribution < 1.29 is 4.79 Å². The molecule has 1 aliphatic carbocycles. The van der Waals surface area contributed by atoms with Crippen LogP contribution in [0.15, 0.2) is 41.7 Å². The minimum Gasteiger partial charge on any atom is -0.332 e. The van der Waals surface area contributed by atoms with Gasteiger partial charge in [-0.3, -0.25) is 0 Å². The lowest BCUT2D eigenvalue weighted by Crippen LogP contribution is -2.44. The molecule has 2 aromatic rings. The monoisotopic (exact) mass is 370 g/mol. The summed E-state index contributed by atoms with van der Waals surface area (Å²) in [6, 6.07) is 9.32. The number of carbonyl (C=O) groups is 1. The molecule has 1 saturated carbocycles. The number of imidazole rings is 1. The van der Waals surface area contributed by atoms with Crippen molar-refractivity contribution in [1.29, 1.82) is 0 Å². The van der Waals surface area contributed by atoms with Crippen LogP contribution in [0.4, 0.5) is 4.79 Å². The number of urea groups is 1. The summed E-state index contributed by atoms with van der Waals surface area (Å²) in [5.41, 5.74) is 2.41. The van der Waals surface area contributed by atoms with Crippen LogP contribution in [0, 0.1) is 6.92 Å². The highest BCUT2D eigenvalue weighted by Gasteiger charge is 2.26. The normalized spacial score (nSPS) is 18.1. The first-order valence-corrected chi connectivity index (χ1v) is 10.3. The fourth-order valence-electron chi connectivity index (χ4n) is 3.49. The Balaban J connectivity index is 1.23. The lowest BCUT2D eigenvalue weighted by Gasteiger charge is -2.31. The van der Waals surface area contributed by atoms with Gasteiger partial charge in [0, 0.05) is 35.5 Å². The molecule has 0 bridgehead atoms. The molecule has 0 unspecified atom stereocenters. The van der Waals surface area contributed by atoms with E-state index >= 15 is 0 Å². The summed E-state index contributed by atoms with van der Waals surface area (Å²) in [6.07, 6.45) is 8.29. The number of thioether (sulfide) groups is 1. The molecule has 0 radical (unpaired) electrons. The number of piperidine rings is 1. The van der Waals surface area contributed by atoms with Gasteiger partial charge in [-0.1, -0.05) is 17.7 Å². The van der Waals surface area contributed by atoms with Crippen molar-refractivity contribution in [2.75, 3.05) is 13.1 Å². The molecular weight excluding hydrogens is 344 g/mol. The van der Waals surface area contributed by atoms with Crippen LogP contribution in [-0.4, -0.2) is 38.8 Å². The Kier molecular flexibility index (Phi) is 5.20. The quantitative estimate of drug-likeness (QED) is 0.866. The third kappa shape index (κ3) is 4.23. The van der Waals surface area contributed by atoms with Gasteiger partial charge in [0.15, 0.2) is 0 Å². The summed E-state index contributed by atoms with van der Waals surface area (Å²) in [4.78, 5) is 20.0. The molecule has 2 heterocycles. The van der Waals surface area contributed by atoms with Crippen LogP contribution in [0.1, 0.15) is 43.0 Å². The predicted octanol–water partition coefficient (Wildman–Crippen LogP) is 3.99. The summed E-state index contributed by atoms with van der Waals surface area (Å²) in [5.74, 6) is 0. The number of nitrogens with one attached hydrogen (secondary N) is 1. The summed E-state index contributed by atoms with van der Waals surface area (Å²) in [5, 5.41) is 3.66. The average molecular weight is 371 g/mol. The number of amides is 2. The van der Waals surface area contributed by atoms with Gasteiger partial charge in [-0.2, -0.15) is 0 Å². The van der Waals surface area contributed by atoms with Crippen molar-refractivity contribution in [2.24, 2.45) is 0 Å². The Hall–Kier alpha value is -1.95. The van der Waals surface area contributed by atoms with Gasteiger partial charge >= 0.3 is 6.03 Å². The van der Waals surface area contributed by atoms with E-state index in [2.05, 4.69) is 46.1 Å². The van der Waals surface area contributed by atoms with Crippen LogP contribution in [0.25, 0.3) is 0 Å². The molecule has 1 aromatic heterocycles. The lowest BCUT2D eigenvalue weighted by atomic mass is 10.1. The molecule has 138 valence electrons. The molecule has 1 aromatic carbocycles. The van der Waals surface area contributed by atoms with Gasteiger partial charge in [-0.25, -0.2) is 9.78 Å². The largest absolute Gasteiger partial charge is 0.332 e. The Morgan fingerprint density at radius 2 is 2.08 bits per heavy atom. The summed E-state index contributed by atoms with van der Waals surface area (Å²) < 4.78 is 2.20. The van der Waals surface area contributed by atoms with Crippen molar-refractivity contribution in [3.05, 3.63) is 48.0 Å². The van der Waals surface area contributed by atoms with Crippen LogP contribution in [0.3, 0.4) is 0 Å². The topological polar surface area (TPSA) is 50.2 Å². The molecule has 5 nitrogen and oxygen atoms in total. The van der Waals surface area contributed by atoms with Gasteiger partial charge in [0.05, 0.1) is 18.6 Å². The molecule has 1 aliphatic heterocycles. The maximum absolute atomic E-state index is 12.5. The van der Waals surface area contributed by atoms with E-state index in [0.29, 0.717) is 17.8 Å². The summed E-state index contributed by atoms with van der Waals surface area (Å²) in [7, 11) is 0. The number of likely N-dealkylation sites (tertiary alicyclic amines) is 1. The van der Waals surface area contributed by atoms with E-state index in [1.807, 2.05) is 29.2 Å². The van der Waals surface area contributed by atoms with Crippen LogP contribution in [-0.2, 0) is 6.54 Å². The van der Waals surface area contributed by atoms with Crippen LogP contribution >= 0.6 is 11.8 Å². The average Bonchev–Trinajstić information content (AvgIpc) is 3.38. The fraction of sp³-hybridized carbons (Fsp3) is 0.500. The van der Waals surface area contributed by atoms with E-state index in [0.717, 1.165) is 31.6 Å². The van der Waals surface area contributed by atoms with Crippen LogP contribution in [0.2, 0.25) is 0 Å². The van der Waals surface area contributed by atoms with Gasteiger partial charge in [-0.15, -0.1) is 11.8 Å². The maximum atomic E-state index is 12.5. The first-order chi connectivity index (χ1) is 12.7. The predicted molar refractivity (Wildman–Crippen MR) is 104 cm³/mol. The standard InChI is InChI=1S/C20H26N4OS/c1-15-3-2-4-19(11-15)26-18-7-9-23(10-8-18)20(25)22-13-17-12-21-14-24(17)16-5-6-16/h2-4,11-12,14,16,18H,5-10,13H2,1H3,(H,22,25). The molecule has 1 saturated heterocycles. The van der Waals surface area contributed by atoms with E-state index in [9.17, 15) is 4.79 Å². The van der Waals surface area contributed by atoms with Crippen molar-refractivity contribution in [3.63, 3.8) is 0 Å². The lowest BCUT2D eigenvalue weighted by molar-refractivity contribution is 0.187. The van der Waals surface area contributed by atoms with Gasteiger partial charge in [0.1, 0.15) is 0 Å². The molecule has 0 atom stereocenters. The molecule has 2 aliphatic rings. The van der Waals surface area contributed by atoms with E-state index in [-0.39, 0.29) is 6.03 Å². The van der Waals surface area contributed by atoms with Crippen LogP contribution < -0.4 is 5.32 Å². The smallest absolute Gasteiger partial charge is 0.317 e. The molecule has 0 spiro atoms. The molecule has 4 rings (SSSR count). The molecule has 2 fully saturated rings. The minimum atomic E-state index is 0.0487. The van der Waals surface area contributed by atoms with E-state index in [4.69, 9.17) is 0 Å². The Morgan fingerprint density at radius 3 is 2.81 bits per heavy atom. The zero-order valence-corrected chi connectivity index (χ0v) is 16.0. The van der Waals surface area contributed by atoms with Crippen molar-refractivity contribution in [3.8, 4) is 0 Å². The maximum Gasteiger partial charge on any atom is 0.317 e. The van der Waals surface area contributed by atoms with Crippen molar-refractivity contribution in [2.45, 2.75) is 55.3 Å². The highest BCUT2D eigenvalue weighted by molar-refractivity contribution is 8.00. The second kappa shape index (κ2) is 7.74. The first kappa shape index (κ1) is 17.5. The minimum absolute atomic E-state index is 0.0487. The first-order valence-electron chi connectivity index (χ1n) is 9.46. The third-order valence-corrected chi connectivity index (χ3v) is 6.46. The zero-order chi connectivity index (χ0) is 17.9. The molecule has 2 amide bonds. The second-order valence-corrected chi connectivity index (χ2v) is 8.68. The molecular formula is C20H26N4OS. The number of carbonyl (C=O) groups excluding carboxylic acids is 1. The number of nitrogens with zero attached hydrogens (tertiary/aromatic N) is 3. The zero-order valence-electron chi connectivity index (χ0n) is 15.2. The number of aromatic nitrogens is 2. The number of hydrogen-bond donors (Lipinski definition) is 1. The van der Waals surface area contributed by atoms with E-state index in [1.165, 1.54) is 23.3 Å². The number of aryl methyl sites for hydroxylation is 1. The SMILES string of the molecule is Cc1cccc(SC2CCN(C(=O)NCc3cncn3C3CC3)CC2)c1. The van der Waals surface area contributed by atoms with Crippen LogP contribution in [0.5, 0.6) is 0 Å². The van der Waals surface area contributed by atoms with Gasteiger partial charge in [-0.05, 0) is 44.7 Å². The number of rotatable bonds is 5. The van der Waals surface area contributed by atoms with Gasteiger partial charge in [0.2, 0.25) is 0 Å². The highest BCUT2D eigenvalue weighted by Crippen LogP contribution is 2.35. The third-order valence-electron chi connectivity index (χ3n) is 5.13. The van der Waals surface area contributed by atoms with E-state index < -0.39 is 0 Å². The Bertz CT molecular complexity index is 763. The molecule has 26 heavy (non-hydrogen) atoms. The van der Waals surface area contributed by atoms with Gasteiger partial charge in [0.25, 0.3) is 0 Å². The Morgan fingerprint density at radius 1 is 1.27 bits per heavy atom. The summed E-state index contributed by atoms with van der Waals surface area (Å²) >= 11 is 1.95. The van der Waals surface area contributed by atoms with Gasteiger partial charge < -0.3 is 14.8 Å². The molecule has 6 heteroatoms. The van der Waals surface area contributed by atoms with Crippen molar-refractivity contribution in [1.82, 2.24) is 19.8 Å². The van der Waals surface area contributed by atoms with Crippen molar-refractivity contribution >= 4 is 17.8 Å². The second-order valence-electron chi connectivity index (χ2n) is 7.30.